The molecule has 2 aliphatic carbocycles. The van der Waals surface area contributed by atoms with Gasteiger partial charge in [-0.3, -0.25) is 4.90 Å². The smallest absolute Gasteiger partial charge is 0.0165 e. The number of fused-ring (bicyclic) bond motifs is 1. The Hall–Kier alpha value is -0.0400. The first-order valence-corrected chi connectivity index (χ1v) is 7.06. The SMILES string of the molecule is CC(C)(C)N1CCC23CC[C@@H](C[C@H]12)C3(C)C. The Morgan fingerprint density at radius 1 is 1.12 bits per heavy atom. The average Bonchev–Trinajstić information content (AvgIpc) is 2.70. The Morgan fingerprint density at radius 3 is 2.38 bits per heavy atom. The van der Waals surface area contributed by atoms with Gasteiger partial charge in [-0.25, -0.2) is 0 Å². The summed E-state index contributed by atoms with van der Waals surface area (Å²) in [6.45, 7) is 13.6. The van der Waals surface area contributed by atoms with Crippen molar-refractivity contribution < 1.29 is 0 Å². The van der Waals surface area contributed by atoms with E-state index < -0.39 is 0 Å². The number of rotatable bonds is 0. The van der Waals surface area contributed by atoms with Crippen LogP contribution in [0.4, 0.5) is 0 Å². The summed E-state index contributed by atoms with van der Waals surface area (Å²) in [6, 6.07) is 0.890. The zero-order valence-corrected chi connectivity index (χ0v) is 11.6. The van der Waals surface area contributed by atoms with Crippen LogP contribution in [-0.4, -0.2) is 23.0 Å². The molecule has 3 rings (SSSR count). The molecular formula is C15H27N. The molecular weight excluding hydrogens is 194 g/mol. The summed E-state index contributed by atoms with van der Waals surface area (Å²) in [5.74, 6) is 1.00. The molecule has 2 saturated carbocycles. The summed E-state index contributed by atoms with van der Waals surface area (Å²) >= 11 is 0. The molecule has 3 fully saturated rings. The summed E-state index contributed by atoms with van der Waals surface area (Å²) in [5, 5.41) is 0. The second kappa shape index (κ2) is 2.85. The van der Waals surface area contributed by atoms with Crippen LogP contribution in [0.2, 0.25) is 0 Å². The maximum atomic E-state index is 2.81. The molecule has 3 aliphatic rings. The van der Waals surface area contributed by atoms with Crippen LogP contribution in [0.5, 0.6) is 0 Å². The maximum absolute atomic E-state index is 2.81. The summed E-state index contributed by atoms with van der Waals surface area (Å²) in [4.78, 5) is 2.81. The van der Waals surface area contributed by atoms with Gasteiger partial charge in [-0.15, -0.1) is 0 Å². The number of nitrogens with zero attached hydrogens (tertiary/aromatic N) is 1. The van der Waals surface area contributed by atoms with Crippen LogP contribution < -0.4 is 0 Å². The fourth-order valence-electron chi connectivity index (χ4n) is 5.34. The van der Waals surface area contributed by atoms with Gasteiger partial charge in [-0.2, -0.15) is 0 Å². The molecule has 1 saturated heterocycles. The lowest BCUT2D eigenvalue weighted by atomic mass is 9.67. The molecule has 0 aromatic carbocycles. The lowest BCUT2D eigenvalue weighted by Gasteiger charge is -2.43. The van der Waals surface area contributed by atoms with Crippen LogP contribution in [-0.2, 0) is 0 Å². The van der Waals surface area contributed by atoms with E-state index in [4.69, 9.17) is 0 Å². The fraction of sp³-hybridized carbons (Fsp3) is 1.00. The van der Waals surface area contributed by atoms with Gasteiger partial charge in [0.05, 0.1) is 0 Å². The van der Waals surface area contributed by atoms with E-state index in [0.29, 0.717) is 16.4 Å². The molecule has 1 aliphatic heterocycles. The van der Waals surface area contributed by atoms with Crippen LogP contribution >= 0.6 is 0 Å². The van der Waals surface area contributed by atoms with Crippen LogP contribution in [0.15, 0.2) is 0 Å². The van der Waals surface area contributed by atoms with Gasteiger partial charge < -0.3 is 0 Å². The molecule has 0 aromatic heterocycles. The van der Waals surface area contributed by atoms with Crippen molar-refractivity contribution in [3.05, 3.63) is 0 Å². The number of hydrogen-bond acceptors (Lipinski definition) is 1. The molecule has 1 heteroatoms. The number of hydrogen-bond donors (Lipinski definition) is 0. The summed E-state index contributed by atoms with van der Waals surface area (Å²) in [6.07, 6.45) is 5.94. The second-order valence-corrected chi connectivity index (χ2v) is 7.98. The molecule has 2 bridgehead atoms. The first-order valence-electron chi connectivity index (χ1n) is 7.06. The zero-order chi connectivity index (χ0) is 11.8. The van der Waals surface area contributed by atoms with E-state index in [1.165, 1.54) is 32.2 Å². The molecule has 1 unspecified atom stereocenters. The minimum atomic E-state index is 0.370. The Balaban J connectivity index is 1.98. The van der Waals surface area contributed by atoms with Crippen molar-refractivity contribution >= 4 is 0 Å². The van der Waals surface area contributed by atoms with Crippen LogP contribution in [0, 0.1) is 16.7 Å². The van der Waals surface area contributed by atoms with E-state index in [9.17, 15) is 0 Å². The highest BCUT2D eigenvalue weighted by molar-refractivity contribution is 5.19. The van der Waals surface area contributed by atoms with Crippen molar-refractivity contribution in [1.82, 2.24) is 4.90 Å². The highest BCUT2D eigenvalue weighted by Gasteiger charge is 2.67. The van der Waals surface area contributed by atoms with Gasteiger partial charge in [0.2, 0.25) is 0 Å². The molecule has 0 N–H and O–H groups in total. The molecule has 3 atom stereocenters. The predicted molar refractivity (Wildman–Crippen MR) is 68.4 cm³/mol. The van der Waals surface area contributed by atoms with Crippen LogP contribution in [0.3, 0.4) is 0 Å². The Bertz CT molecular complexity index is 312. The standard InChI is InChI=1S/C15H27N/c1-13(2,3)16-9-8-15-7-6-11(10-12(15)16)14(15,4)5/h11-12H,6-10H2,1-5H3/t11-,12-,15?/m0/s1. The Kier molecular flexibility index (Phi) is 1.98. The van der Waals surface area contributed by atoms with Gasteiger partial charge in [-0.05, 0) is 69.7 Å². The Morgan fingerprint density at radius 2 is 1.81 bits per heavy atom. The van der Waals surface area contributed by atoms with E-state index in [-0.39, 0.29) is 0 Å². The third kappa shape index (κ3) is 1.06. The first kappa shape index (κ1) is 11.1. The van der Waals surface area contributed by atoms with Gasteiger partial charge in [0.25, 0.3) is 0 Å². The largest absolute Gasteiger partial charge is 0.295 e. The Labute approximate surface area is 101 Å². The molecule has 16 heavy (non-hydrogen) atoms. The van der Waals surface area contributed by atoms with Crippen molar-refractivity contribution in [2.45, 2.75) is 71.9 Å². The quantitative estimate of drug-likeness (QED) is 0.603. The summed E-state index contributed by atoms with van der Waals surface area (Å²) < 4.78 is 0. The molecule has 1 nitrogen and oxygen atoms in total. The van der Waals surface area contributed by atoms with Gasteiger partial charge in [0, 0.05) is 11.6 Å². The highest BCUT2D eigenvalue weighted by atomic mass is 15.3. The van der Waals surface area contributed by atoms with Gasteiger partial charge in [0.1, 0.15) is 0 Å². The predicted octanol–water partition coefficient (Wildman–Crippen LogP) is 3.69. The fourth-order valence-corrected chi connectivity index (χ4v) is 5.34. The monoisotopic (exact) mass is 221 g/mol. The van der Waals surface area contributed by atoms with Crippen LogP contribution in [0.25, 0.3) is 0 Å². The van der Waals surface area contributed by atoms with E-state index >= 15 is 0 Å². The molecule has 0 aromatic rings. The van der Waals surface area contributed by atoms with E-state index in [1.807, 2.05) is 0 Å². The topological polar surface area (TPSA) is 3.24 Å². The van der Waals surface area contributed by atoms with Crippen molar-refractivity contribution in [1.29, 1.82) is 0 Å². The van der Waals surface area contributed by atoms with Gasteiger partial charge in [0.15, 0.2) is 0 Å². The van der Waals surface area contributed by atoms with E-state index in [0.717, 1.165) is 12.0 Å². The molecule has 1 heterocycles. The third-order valence-corrected chi connectivity index (χ3v) is 6.43. The molecule has 92 valence electrons. The first-order chi connectivity index (χ1) is 7.29. The normalized spacial score (nSPS) is 46.3. The van der Waals surface area contributed by atoms with Crippen molar-refractivity contribution in [2.75, 3.05) is 6.54 Å². The second-order valence-electron chi connectivity index (χ2n) is 7.98. The average molecular weight is 221 g/mol. The zero-order valence-electron chi connectivity index (χ0n) is 11.6. The van der Waals surface area contributed by atoms with Crippen molar-refractivity contribution in [3.8, 4) is 0 Å². The third-order valence-electron chi connectivity index (χ3n) is 6.43. The van der Waals surface area contributed by atoms with E-state index in [1.54, 1.807) is 0 Å². The maximum Gasteiger partial charge on any atom is 0.0165 e. The van der Waals surface area contributed by atoms with Gasteiger partial charge >= 0.3 is 0 Å². The lowest BCUT2D eigenvalue weighted by Crippen LogP contribution is -2.48. The lowest BCUT2D eigenvalue weighted by molar-refractivity contribution is 0.0571. The highest BCUT2D eigenvalue weighted by Crippen LogP contribution is 2.70. The minimum Gasteiger partial charge on any atom is -0.295 e. The van der Waals surface area contributed by atoms with E-state index in [2.05, 4.69) is 39.5 Å². The molecule has 0 amide bonds. The summed E-state index contributed by atoms with van der Waals surface area (Å²) in [7, 11) is 0. The minimum absolute atomic E-state index is 0.370. The van der Waals surface area contributed by atoms with Crippen molar-refractivity contribution in [3.63, 3.8) is 0 Å². The van der Waals surface area contributed by atoms with Gasteiger partial charge in [-0.1, -0.05) is 13.8 Å². The summed E-state index contributed by atoms with van der Waals surface area (Å²) in [5.41, 5.74) is 1.65. The van der Waals surface area contributed by atoms with Crippen molar-refractivity contribution in [2.24, 2.45) is 16.7 Å². The number of likely N-dealkylation sites (tertiary alicyclic amines) is 1. The molecule has 0 radical (unpaired) electrons. The molecule has 1 spiro atoms. The van der Waals surface area contributed by atoms with Crippen LogP contribution in [0.1, 0.15) is 60.3 Å².